The zero-order valence-electron chi connectivity index (χ0n) is 43.0. The number of guanidine groups is 1. The molecule has 0 spiro atoms. The Hall–Kier alpha value is -6.96. The van der Waals surface area contributed by atoms with E-state index in [1.165, 1.54) is 53.5 Å². The lowest BCUT2D eigenvalue weighted by Gasteiger charge is -2.31. The minimum atomic E-state index is -1.51. The van der Waals surface area contributed by atoms with Crippen LogP contribution in [-0.4, -0.2) is 161 Å². The second-order valence-corrected chi connectivity index (χ2v) is 21.8. The molecule has 3 rings (SSSR count). The molecule has 7 amide bonds. The monoisotopic (exact) mass is 1060 g/mol. The Morgan fingerprint density at radius 2 is 1.42 bits per heavy atom. The number of nitrogens with zero attached hydrogens (tertiary/aromatic N) is 3. The van der Waals surface area contributed by atoms with Crippen molar-refractivity contribution in [1.29, 1.82) is 0 Å². The number of imidazole rings is 1. The van der Waals surface area contributed by atoms with Gasteiger partial charge in [0, 0.05) is 48.3 Å². The van der Waals surface area contributed by atoms with Crippen LogP contribution in [0, 0.1) is 11.8 Å². The number of likely N-dealkylation sites (tertiary alicyclic amines) is 1. The molecule has 0 bridgehead atoms. The van der Waals surface area contributed by atoms with Crippen molar-refractivity contribution in [1.82, 2.24) is 46.8 Å². The number of benzene rings is 1. The van der Waals surface area contributed by atoms with Crippen molar-refractivity contribution < 1.29 is 58.5 Å². The molecule has 1 aliphatic heterocycles. The zero-order chi connectivity index (χ0) is 55.4. The summed E-state index contributed by atoms with van der Waals surface area (Å²) in [6, 6.07) is -4.67. The molecule has 1 aliphatic rings. The number of carbonyl (C=O) groups is 9. The predicted octanol–water partition coefficient (Wildman–Crippen LogP) is -1.03. The highest BCUT2D eigenvalue weighted by molar-refractivity contribution is 8.00. The number of carbonyl (C=O) groups excluding carboxylic acids is 7. The van der Waals surface area contributed by atoms with Gasteiger partial charge in [0.15, 0.2) is 5.96 Å². The van der Waals surface area contributed by atoms with E-state index < -0.39 is 119 Å². The first-order valence-corrected chi connectivity index (χ1v) is 25.4. The molecule has 16 N–H and O–H groups in total. The average Bonchev–Trinajstić information content (AvgIpc) is 4.02. The summed E-state index contributed by atoms with van der Waals surface area (Å²) in [6.45, 7) is 12.8. The second kappa shape index (κ2) is 29.1. The Balaban J connectivity index is 1.97. The number of aromatic hydroxyl groups is 1. The molecular weight excluding hydrogens is 983 g/mol. The van der Waals surface area contributed by atoms with Crippen molar-refractivity contribution in [3.05, 3.63) is 48.0 Å². The molecular formula is C48H75N13O12S. The van der Waals surface area contributed by atoms with Crippen LogP contribution in [0.4, 0.5) is 0 Å². The number of amides is 7. The van der Waals surface area contributed by atoms with Gasteiger partial charge in [0.05, 0.1) is 18.8 Å². The number of phenolic OH excluding ortho intramolecular Hbond substituents is 1. The zero-order valence-corrected chi connectivity index (χ0v) is 43.8. The lowest BCUT2D eigenvalue weighted by Crippen LogP contribution is -2.61. The van der Waals surface area contributed by atoms with E-state index in [-0.39, 0.29) is 75.0 Å². The maximum absolute atomic E-state index is 14.6. The smallest absolute Gasteiger partial charge is 0.326 e. The maximum Gasteiger partial charge on any atom is 0.326 e. The molecule has 0 saturated carbocycles. The fourth-order valence-corrected chi connectivity index (χ4v) is 8.70. The highest BCUT2D eigenvalue weighted by Crippen LogP contribution is 2.25. The summed E-state index contributed by atoms with van der Waals surface area (Å²) in [5.41, 5.74) is 17.6. The first-order chi connectivity index (χ1) is 34.6. The number of aromatic nitrogens is 2. The van der Waals surface area contributed by atoms with Crippen LogP contribution in [0.5, 0.6) is 5.75 Å². The number of H-pyrrole nitrogens is 1. The van der Waals surface area contributed by atoms with Crippen molar-refractivity contribution in [2.75, 3.05) is 18.8 Å². The molecule has 1 saturated heterocycles. The summed E-state index contributed by atoms with van der Waals surface area (Å²) in [7, 11) is 0. The van der Waals surface area contributed by atoms with Crippen molar-refractivity contribution in [2.24, 2.45) is 34.0 Å². The van der Waals surface area contributed by atoms with E-state index in [0.29, 0.717) is 17.7 Å². The van der Waals surface area contributed by atoms with E-state index in [1.807, 2.05) is 34.6 Å². The number of thioether (sulfide) groups is 1. The number of hydrogen-bond acceptors (Lipinski definition) is 14. The van der Waals surface area contributed by atoms with Crippen molar-refractivity contribution in [3.63, 3.8) is 0 Å². The number of carboxylic acids is 2. The summed E-state index contributed by atoms with van der Waals surface area (Å²) >= 11 is 1.32. The molecule has 2 aromatic rings. The van der Waals surface area contributed by atoms with Gasteiger partial charge in [0.2, 0.25) is 41.4 Å². The van der Waals surface area contributed by atoms with Crippen LogP contribution >= 0.6 is 11.8 Å². The Morgan fingerprint density at radius 1 is 0.811 bits per heavy atom. The van der Waals surface area contributed by atoms with Gasteiger partial charge in [-0.1, -0.05) is 60.6 Å². The maximum atomic E-state index is 14.6. The van der Waals surface area contributed by atoms with Crippen molar-refractivity contribution in [2.45, 2.75) is 153 Å². The Morgan fingerprint density at radius 3 is 1.99 bits per heavy atom. The molecule has 26 heteroatoms. The Kier molecular flexibility index (Phi) is 24.1. The predicted molar refractivity (Wildman–Crippen MR) is 275 cm³/mol. The number of aromatic amines is 1. The van der Waals surface area contributed by atoms with Gasteiger partial charge in [-0.3, -0.25) is 43.3 Å². The summed E-state index contributed by atoms with van der Waals surface area (Å²) in [5, 5.41) is 44.9. The number of aliphatic carboxylic acids is 2. The van der Waals surface area contributed by atoms with Crippen LogP contribution in [0.15, 0.2) is 41.8 Å². The standard InChI is InChI=1S/C48H75N13O12S/c1-25(2)18-34(46(72)73)58-43(69)36-11-9-17-61(36)45(71)33(20-28-22-52-24-54-28)57-42(68)35(23-74-48(5,6)7)59-41(67)32(19-27-12-14-29(62)15-13-27)56-44(70)38(26(3)4)60-40(66)31(10-8-16-53-47(50)51)55-39(65)30(49)21-37(63)64/h12-15,22,24-26,30-36,38,62H,8-11,16-21,23,49H2,1-7H3,(H,52,54)(H,55,65)(H,56,70)(H,57,68)(H,58,69)(H,59,67)(H,60,66)(H,63,64)(H,72,73)(H4,50,51,53)/t30-,31-,32-,33-,34-,35-,36-,38-/m0/s1. The van der Waals surface area contributed by atoms with Crippen LogP contribution in [0.25, 0.3) is 0 Å². The van der Waals surface area contributed by atoms with Gasteiger partial charge < -0.3 is 74.3 Å². The highest BCUT2D eigenvalue weighted by Gasteiger charge is 2.41. The molecule has 1 aromatic heterocycles. The molecule has 410 valence electrons. The van der Waals surface area contributed by atoms with Crippen LogP contribution in [-0.2, 0) is 56.0 Å². The summed E-state index contributed by atoms with van der Waals surface area (Å²) < 4.78 is -0.445. The van der Waals surface area contributed by atoms with E-state index in [4.69, 9.17) is 17.2 Å². The second-order valence-electron chi connectivity index (χ2n) is 19.9. The van der Waals surface area contributed by atoms with Crippen LogP contribution < -0.4 is 49.1 Å². The SMILES string of the molecule is CC(C)C[C@H](NC(=O)[C@@H]1CCCN1C(=O)[C@H](Cc1cnc[nH]1)NC(=O)[C@H](CSC(C)(C)C)NC(=O)[C@H](Cc1ccc(O)cc1)NC(=O)[C@@H](NC(=O)[C@H](CCCN=C(N)N)NC(=O)[C@@H](N)CC(=O)O)C(C)C)C(=O)O. The third-order valence-electron chi connectivity index (χ3n) is 11.6. The Bertz CT molecular complexity index is 2270. The molecule has 25 nitrogen and oxygen atoms in total. The number of hydrogen-bond donors (Lipinski definition) is 13. The third kappa shape index (κ3) is 20.9. The molecule has 0 unspecified atom stereocenters. The van der Waals surface area contributed by atoms with Gasteiger partial charge >= 0.3 is 11.9 Å². The van der Waals surface area contributed by atoms with E-state index >= 15 is 0 Å². The van der Waals surface area contributed by atoms with Gasteiger partial charge in [-0.15, -0.1) is 0 Å². The fraction of sp³-hybridized carbons (Fsp3) is 0.604. The summed E-state index contributed by atoms with van der Waals surface area (Å²) in [5.74, 6) is -9.08. The van der Waals surface area contributed by atoms with Gasteiger partial charge in [0.1, 0.15) is 48.0 Å². The van der Waals surface area contributed by atoms with E-state index in [2.05, 4.69) is 46.9 Å². The third-order valence-corrected chi connectivity index (χ3v) is 13.0. The molecule has 8 atom stereocenters. The number of aliphatic imine (C=N–C) groups is 1. The lowest BCUT2D eigenvalue weighted by molar-refractivity contribution is -0.145. The number of phenols is 1. The highest BCUT2D eigenvalue weighted by atomic mass is 32.2. The first kappa shape index (κ1) is 61.3. The molecule has 0 radical (unpaired) electrons. The average molecular weight is 1060 g/mol. The largest absolute Gasteiger partial charge is 0.508 e. The number of rotatable bonds is 29. The Labute approximate surface area is 434 Å². The minimum Gasteiger partial charge on any atom is -0.508 e. The van der Waals surface area contributed by atoms with Crippen LogP contribution in [0.2, 0.25) is 0 Å². The molecule has 2 heterocycles. The van der Waals surface area contributed by atoms with Crippen LogP contribution in [0.3, 0.4) is 0 Å². The van der Waals surface area contributed by atoms with Gasteiger partial charge in [-0.2, -0.15) is 11.8 Å². The molecule has 0 aliphatic carbocycles. The molecule has 1 aromatic carbocycles. The molecule has 74 heavy (non-hydrogen) atoms. The lowest BCUT2D eigenvalue weighted by atomic mass is 9.99. The van der Waals surface area contributed by atoms with Gasteiger partial charge in [0.25, 0.3) is 0 Å². The quantitative estimate of drug-likeness (QED) is 0.0263. The number of nitrogens with two attached hydrogens (primary N) is 3. The first-order valence-electron chi connectivity index (χ1n) is 24.4. The van der Waals surface area contributed by atoms with E-state index in [1.54, 1.807) is 13.8 Å². The van der Waals surface area contributed by atoms with Crippen molar-refractivity contribution in [3.8, 4) is 5.75 Å². The topological polar surface area (TPSA) is 409 Å². The summed E-state index contributed by atoms with van der Waals surface area (Å²) in [6.07, 6.45) is 2.78. The summed E-state index contributed by atoms with van der Waals surface area (Å²) in [4.78, 5) is 134. The fourth-order valence-electron chi connectivity index (χ4n) is 7.80. The van der Waals surface area contributed by atoms with E-state index in [0.717, 1.165) is 0 Å². The van der Waals surface area contributed by atoms with E-state index in [9.17, 15) is 58.5 Å². The van der Waals surface area contributed by atoms with Crippen LogP contribution in [0.1, 0.15) is 98.2 Å². The van der Waals surface area contributed by atoms with Gasteiger partial charge in [-0.25, -0.2) is 9.78 Å². The van der Waals surface area contributed by atoms with Crippen molar-refractivity contribution >= 4 is 71.0 Å². The number of carboxylic acid groups (broad SMARTS) is 2. The van der Waals surface area contributed by atoms with Gasteiger partial charge in [-0.05, 0) is 61.6 Å². The minimum absolute atomic E-state index is 0.0236. The number of nitrogens with one attached hydrogen (secondary N) is 7. The normalized spacial score (nSPS) is 16.4. The molecule has 1 fully saturated rings.